The monoisotopic (exact) mass is 256 g/mol. The highest BCUT2D eigenvalue weighted by molar-refractivity contribution is 5.70. The van der Waals surface area contributed by atoms with Crippen LogP contribution in [0.3, 0.4) is 0 Å². The lowest BCUT2D eigenvalue weighted by atomic mass is 9.82. The number of aliphatic carboxylic acids is 1. The number of nitrogens with zero attached hydrogens (tertiary/aromatic N) is 1. The molecule has 1 rings (SSSR count). The maximum Gasteiger partial charge on any atom is 0.307 e. The molecular weight excluding hydrogens is 228 g/mol. The molecule has 0 aromatic carbocycles. The van der Waals surface area contributed by atoms with E-state index in [4.69, 9.17) is 10.8 Å². The van der Waals surface area contributed by atoms with E-state index < -0.39 is 5.97 Å². The SMILES string of the molecule is CCN(C(C)C(C)C(=O)O)C1CCCCC1CN. The third kappa shape index (κ3) is 3.45. The average Bonchev–Trinajstić information content (AvgIpc) is 2.38. The number of nitrogens with two attached hydrogens (primary N) is 1. The van der Waals surface area contributed by atoms with Crippen molar-refractivity contribution in [2.45, 2.75) is 58.5 Å². The first-order chi connectivity index (χ1) is 8.52. The molecule has 18 heavy (non-hydrogen) atoms. The maximum atomic E-state index is 11.1. The predicted molar refractivity (Wildman–Crippen MR) is 73.4 cm³/mol. The maximum absolute atomic E-state index is 11.1. The van der Waals surface area contributed by atoms with Crippen LogP contribution in [0.15, 0.2) is 0 Å². The van der Waals surface area contributed by atoms with Crippen LogP contribution in [-0.4, -0.2) is 41.1 Å². The first-order valence-corrected chi connectivity index (χ1v) is 7.21. The summed E-state index contributed by atoms with van der Waals surface area (Å²) in [6.07, 6.45) is 4.85. The van der Waals surface area contributed by atoms with Gasteiger partial charge in [-0.2, -0.15) is 0 Å². The predicted octanol–water partition coefficient (Wildman–Crippen LogP) is 1.93. The van der Waals surface area contributed by atoms with Crippen molar-refractivity contribution >= 4 is 5.97 Å². The van der Waals surface area contributed by atoms with Crippen LogP contribution in [0.2, 0.25) is 0 Å². The summed E-state index contributed by atoms with van der Waals surface area (Å²) in [5.74, 6) is -0.506. The summed E-state index contributed by atoms with van der Waals surface area (Å²) in [7, 11) is 0. The lowest BCUT2D eigenvalue weighted by molar-refractivity contribution is -0.144. The molecule has 106 valence electrons. The minimum Gasteiger partial charge on any atom is -0.481 e. The Hall–Kier alpha value is -0.610. The smallest absolute Gasteiger partial charge is 0.307 e. The number of rotatable bonds is 6. The molecule has 3 N–H and O–H groups in total. The van der Waals surface area contributed by atoms with Crippen molar-refractivity contribution in [1.82, 2.24) is 4.90 Å². The van der Waals surface area contributed by atoms with Crippen LogP contribution in [-0.2, 0) is 4.79 Å². The molecule has 0 amide bonds. The molecular formula is C14H28N2O2. The molecule has 0 saturated heterocycles. The highest BCUT2D eigenvalue weighted by Crippen LogP contribution is 2.30. The van der Waals surface area contributed by atoms with Gasteiger partial charge in [0.2, 0.25) is 0 Å². The second-order valence-electron chi connectivity index (χ2n) is 5.55. The van der Waals surface area contributed by atoms with Gasteiger partial charge in [-0.25, -0.2) is 0 Å². The Morgan fingerprint density at radius 2 is 2.00 bits per heavy atom. The van der Waals surface area contributed by atoms with E-state index in [9.17, 15) is 4.79 Å². The summed E-state index contributed by atoms with van der Waals surface area (Å²) in [5, 5.41) is 9.17. The molecule has 0 aromatic rings. The molecule has 0 aromatic heterocycles. The number of hydrogen-bond donors (Lipinski definition) is 2. The Labute approximate surface area is 111 Å². The van der Waals surface area contributed by atoms with Gasteiger partial charge in [0.15, 0.2) is 0 Å². The summed E-state index contributed by atoms with van der Waals surface area (Å²) >= 11 is 0. The summed E-state index contributed by atoms with van der Waals surface area (Å²) in [4.78, 5) is 13.5. The topological polar surface area (TPSA) is 66.6 Å². The fraction of sp³-hybridized carbons (Fsp3) is 0.929. The quantitative estimate of drug-likeness (QED) is 0.762. The summed E-state index contributed by atoms with van der Waals surface area (Å²) < 4.78 is 0. The largest absolute Gasteiger partial charge is 0.481 e. The van der Waals surface area contributed by atoms with Crippen molar-refractivity contribution in [2.75, 3.05) is 13.1 Å². The van der Waals surface area contributed by atoms with Crippen molar-refractivity contribution in [1.29, 1.82) is 0 Å². The van der Waals surface area contributed by atoms with Gasteiger partial charge < -0.3 is 10.8 Å². The number of carboxylic acids is 1. The minimum atomic E-state index is -0.707. The first-order valence-electron chi connectivity index (χ1n) is 7.21. The Kier molecular flexibility index (Phi) is 6.09. The molecule has 4 unspecified atom stereocenters. The van der Waals surface area contributed by atoms with Gasteiger partial charge in [-0.3, -0.25) is 9.69 Å². The van der Waals surface area contributed by atoms with Crippen LogP contribution in [0.4, 0.5) is 0 Å². The van der Waals surface area contributed by atoms with Gasteiger partial charge in [-0.15, -0.1) is 0 Å². The molecule has 0 spiro atoms. The first kappa shape index (κ1) is 15.4. The molecule has 0 bridgehead atoms. The van der Waals surface area contributed by atoms with Crippen molar-refractivity contribution in [3.8, 4) is 0 Å². The van der Waals surface area contributed by atoms with Crippen LogP contribution in [0.5, 0.6) is 0 Å². The van der Waals surface area contributed by atoms with Gasteiger partial charge in [0, 0.05) is 12.1 Å². The third-order valence-electron chi connectivity index (χ3n) is 4.60. The highest BCUT2D eigenvalue weighted by Gasteiger charge is 2.34. The Morgan fingerprint density at radius 3 is 2.50 bits per heavy atom. The second-order valence-corrected chi connectivity index (χ2v) is 5.55. The van der Waals surface area contributed by atoms with Crippen LogP contribution in [0.1, 0.15) is 46.5 Å². The van der Waals surface area contributed by atoms with E-state index >= 15 is 0 Å². The van der Waals surface area contributed by atoms with Gasteiger partial charge in [0.25, 0.3) is 0 Å². The third-order valence-corrected chi connectivity index (χ3v) is 4.60. The Balaban J connectivity index is 2.77. The summed E-state index contributed by atoms with van der Waals surface area (Å²) in [6.45, 7) is 7.57. The molecule has 4 atom stereocenters. The zero-order valence-electron chi connectivity index (χ0n) is 11.9. The standard InChI is InChI=1S/C14H28N2O2/c1-4-16(11(3)10(2)14(17)18)13-8-6-5-7-12(13)9-15/h10-13H,4-9,15H2,1-3H3,(H,17,18). The summed E-state index contributed by atoms with van der Waals surface area (Å²) in [5.41, 5.74) is 5.88. The number of carboxylic acid groups (broad SMARTS) is 1. The molecule has 1 aliphatic carbocycles. The fourth-order valence-electron chi connectivity index (χ4n) is 3.22. The van der Waals surface area contributed by atoms with E-state index in [1.165, 1.54) is 19.3 Å². The normalized spacial score (nSPS) is 28.1. The zero-order valence-corrected chi connectivity index (χ0v) is 11.9. The van der Waals surface area contributed by atoms with Gasteiger partial charge in [-0.1, -0.05) is 26.7 Å². The Bertz CT molecular complexity index is 271. The van der Waals surface area contributed by atoms with Crippen LogP contribution in [0, 0.1) is 11.8 Å². The van der Waals surface area contributed by atoms with E-state index in [-0.39, 0.29) is 12.0 Å². The molecule has 0 radical (unpaired) electrons. The van der Waals surface area contributed by atoms with Crippen LogP contribution >= 0.6 is 0 Å². The van der Waals surface area contributed by atoms with Gasteiger partial charge in [0.05, 0.1) is 5.92 Å². The molecule has 0 aliphatic heterocycles. The number of carbonyl (C=O) groups is 1. The average molecular weight is 256 g/mol. The summed E-state index contributed by atoms with van der Waals surface area (Å²) in [6, 6.07) is 0.537. The zero-order chi connectivity index (χ0) is 13.7. The molecule has 1 fully saturated rings. The number of hydrogen-bond acceptors (Lipinski definition) is 3. The highest BCUT2D eigenvalue weighted by atomic mass is 16.4. The molecule has 4 heteroatoms. The molecule has 1 saturated carbocycles. The van der Waals surface area contributed by atoms with E-state index in [0.717, 1.165) is 19.5 Å². The lowest BCUT2D eigenvalue weighted by Crippen LogP contribution is -2.51. The molecule has 4 nitrogen and oxygen atoms in total. The van der Waals surface area contributed by atoms with Gasteiger partial charge in [-0.05, 0) is 38.8 Å². The van der Waals surface area contributed by atoms with Crippen molar-refractivity contribution in [3.05, 3.63) is 0 Å². The van der Waals surface area contributed by atoms with Gasteiger partial charge in [0.1, 0.15) is 0 Å². The van der Waals surface area contributed by atoms with Crippen molar-refractivity contribution in [2.24, 2.45) is 17.6 Å². The van der Waals surface area contributed by atoms with Gasteiger partial charge >= 0.3 is 5.97 Å². The van der Waals surface area contributed by atoms with E-state index in [1.54, 1.807) is 6.92 Å². The van der Waals surface area contributed by atoms with Crippen molar-refractivity contribution < 1.29 is 9.90 Å². The van der Waals surface area contributed by atoms with E-state index in [1.807, 2.05) is 6.92 Å². The van der Waals surface area contributed by atoms with Crippen LogP contribution in [0.25, 0.3) is 0 Å². The lowest BCUT2D eigenvalue weighted by Gasteiger charge is -2.43. The molecule has 0 heterocycles. The van der Waals surface area contributed by atoms with Crippen molar-refractivity contribution in [3.63, 3.8) is 0 Å². The van der Waals surface area contributed by atoms with E-state index in [2.05, 4.69) is 11.8 Å². The van der Waals surface area contributed by atoms with Crippen LogP contribution < -0.4 is 5.73 Å². The Morgan fingerprint density at radius 1 is 1.39 bits per heavy atom. The second kappa shape index (κ2) is 7.10. The molecule has 1 aliphatic rings. The minimum absolute atomic E-state index is 0.0737. The van der Waals surface area contributed by atoms with E-state index in [0.29, 0.717) is 12.0 Å². The fourth-order valence-corrected chi connectivity index (χ4v) is 3.22.